The van der Waals surface area contributed by atoms with E-state index in [1.165, 1.54) is 0 Å². The second-order valence-corrected chi connectivity index (χ2v) is 4.03. The highest BCUT2D eigenvalue weighted by Gasteiger charge is 1.99. The standard InChI is InChI=1S/C13H20N4O2.HI/c1-2-6-16-13(15)17-8-10-4-3-5-11(7-10)19-9-12(14)18;/h3-5,7H,2,6,8-9H2,1H3,(H2,14,18)(H3,15,16,17);1H. The second-order valence-electron chi connectivity index (χ2n) is 4.03. The molecule has 0 spiro atoms. The minimum atomic E-state index is -0.503. The van der Waals surface area contributed by atoms with Gasteiger partial charge in [-0.05, 0) is 24.1 Å². The number of primary amides is 1. The van der Waals surface area contributed by atoms with Crippen LogP contribution in [0.2, 0.25) is 0 Å². The Bertz CT molecular complexity index is 452. The van der Waals surface area contributed by atoms with Crippen LogP contribution in [0.5, 0.6) is 5.75 Å². The van der Waals surface area contributed by atoms with Crippen LogP contribution in [-0.4, -0.2) is 25.0 Å². The van der Waals surface area contributed by atoms with Gasteiger partial charge in [-0.15, -0.1) is 24.0 Å². The molecule has 0 radical (unpaired) electrons. The molecule has 1 aromatic rings. The maximum absolute atomic E-state index is 10.6. The van der Waals surface area contributed by atoms with Crippen molar-refractivity contribution in [3.8, 4) is 5.75 Å². The molecule has 0 fully saturated rings. The molecule has 0 unspecified atom stereocenters. The Kier molecular flexibility index (Phi) is 9.52. The zero-order chi connectivity index (χ0) is 14.1. The molecule has 0 saturated carbocycles. The number of carbonyl (C=O) groups is 1. The predicted molar refractivity (Wildman–Crippen MR) is 90.2 cm³/mol. The third-order valence-corrected chi connectivity index (χ3v) is 2.27. The van der Waals surface area contributed by atoms with E-state index in [0.29, 0.717) is 18.3 Å². The molecule has 1 aromatic carbocycles. The first-order valence-corrected chi connectivity index (χ1v) is 6.15. The first-order valence-electron chi connectivity index (χ1n) is 6.15. The monoisotopic (exact) mass is 392 g/mol. The smallest absolute Gasteiger partial charge is 0.255 e. The van der Waals surface area contributed by atoms with Crippen LogP contribution >= 0.6 is 24.0 Å². The number of carbonyl (C=O) groups excluding carboxylic acids is 1. The number of ether oxygens (including phenoxy) is 1. The van der Waals surface area contributed by atoms with E-state index in [4.69, 9.17) is 16.2 Å². The Morgan fingerprint density at radius 3 is 2.80 bits per heavy atom. The predicted octanol–water partition coefficient (Wildman–Crippen LogP) is 0.983. The van der Waals surface area contributed by atoms with Crippen LogP contribution in [0.25, 0.3) is 0 Å². The second kappa shape index (κ2) is 10.3. The van der Waals surface area contributed by atoms with Crippen molar-refractivity contribution in [3.05, 3.63) is 29.8 Å². The Hall–Kier alpha value is -1.51. The van der Waals surface area contributed by atoms with Crippen LogP contribution in [-0.2, 0) is 11.3 Å². The summed E-state index contributed by atoms with van der Waals surface area (Å²) in [6.45, 7) is 3.18. The van der Waals surface area contributed by atoms with Crippen LogP contribution in [0.3, 0.4) is 0 Å². The van der Waals surface area contributed by atoms with Gasteiger partial charge in [-0.3, -0.25) is 4.79 Å². The minimum Gasteiger partial charge on any atom is -0.484 e. The molecule has 0 aliphatic heterocycles. The summed E-state index contributed by atoms with van der Waals surface area (Å²) in [6.07, 6.45) is 0.993. The normalized spacial score (nSPS) is 10.6. The number of nitrogens with zero attached hydrogens (tertiary/aromatic N) is 1. The molecule has 0 atom stereocenters. The van der Waals surface area contributed by atoms with E-state index in [9.17, 15) is 4.79 Å². The first-order chi connectivity index (χ1) is 9.11. The summed E-state index contributed by atoms with van der Waals surface area (Å²) in [5.41, 5.74) is 11.7. The number of amides is 1. The van der Waals surface area contributed by atoms with Gasteiger partial charge in [0.25, 0.3) is 5.91 Å². The van der Waals surface area contributed by atoms with Gasteiger partial charge in [-0.1, -0.05) is 19.1 Å². The van der Waals surface area contributed by atoms with Crippen molar-refractivity contribution in [2.75, 3.05) is 13.2 Å². The van der Waals surface area contributed by atoms with Crippen molar-refractivity contribution in [2.45, 2.75) is 19.9 Å². The van der Waals surface area contributed by atoms with Gasteiger partial charge < -0.3 is 21.5 Å². The quantitative estimate of drug-likeness (QED) is 0.366. The lowest BCUT2D eigenvalue weighted by Crippen LogP contribution is -2.32. The number of benzene rings is 1. The third-order valence-electron chi connectivity index (χ3n) is 2.27. The Morgan fingerprint density at radius 1 is 1.40 bits per heavy atom. The van der Waals surface area contributed by atoms with Gasteiger partial charge in [0, 0.05) is 6.54 Å². The molecule has 6 nitrogen and oxygen atoms in total. The van der Waals surface area contributed by atoms with E-state index in [2.05, 4.69) is 17.2 Å². The van der Waals surface area contributed by atoms with E-state index in [0.717, 1.165) is 18.5 Å². The van der Waals surface area contributed by atoms with Crippen molar-refractivity contribution < 1.29 is 9.53 Å². The maximum atomic E-state index is 10.6. The van der Waals surface area contributed by atoms with Gasteiger partial charge in [0.05, 0.1) is 6.54 Å². The number of rotatable bonds is 7. The number of halogens is 1. The topological polar surface area (TPSA) is 103 Å². The maximum Gasteiger partial charge on any atom is 0.255 e. The summed E-state index contributed by atoms with van der Waals surface area (Å²) in [6, 6.07) is 7.30. The van der Waals surface area contributed by atoms with Crippen molar-refractivity contribution in [1.82, 2.24) is 5.32 Å². The summed E-state index contributed by atoms with van der Waals surface area (Å²) in [4.78, 5) is 14.8. The summed E-state index contributed by atoms with van der Waals surface area (Å²) in [5.74, 6) is 0.508. The van der Waals surface area contributed by atoms with Crippen molar-refractivity contribution in [1.29, 1.82) is 0 Å². The highest BCUT2D eigenvalue weighted by Crippen LogP contribution is 2.13. The van der Waals surface area contributed by atoms with Crippen LogP contribution in [0.4, 0.5) is 0 Å². The number of hydrogen-bond donors (Lipinski definition) is 3. The fourth-order valence-electron chi connectivity index (χ4n) is 1.37. The average molecular weight is 392 g/mol. The van der Waals surface area contributed by atoms with Gasteiger partial charge >= 0.3 is 0 Å². The van der Waals surface area contributed by atoms with Crippen molar-refractivity contribution in [2.24, 2.45) is 16.5 Å². The molecule has 20 heavy (non-hydrogen) atoms. The first kappa shape index (κ1) is 18.5. The summed E-state index contributed by atoms with van der Waals surface area (Å²) in [7, 11) is 0. The third kappa shape index (κ3) is 7.82. The summed E-state index contributed by atoms with van der Waals surface area (Å²) in [5, 5.41) is 2.99. The number of nitrogens with two attached hydrogens (primary N) is 2. The molecule has 0 aromatic heterocycles. The van der Waals surface area contributed by atoms with E-state index < -0.39 is 5.91 Å². The summed E-state index contributed by atoms with van der Waals surface area (Å²) >= 11 is 0. The van der Waals surface area contributed by atoms with E-state index in [-0.39, 0.29) is 30.6 Å². The molecule has 0 heterocycles. The van der Waals surface area contributed by atoms with Crippen LogP contribution < -0.4 is 21.5 Å². The molecular weight excluding hydrogens is 371 g/mol. The SMILES string of the molecule is CCCNC(N)=NCc1cccc(OCC(N)=O)c1.I. The molecule has 0 saturated heterocycles. The fourth-order valence-corrected chi connectivity index (χ4v) is 1.37. The van der Waals surface area contributed by atoms with Gasteiger partial charge in [-0.2, -0.15) is 0 Å². The van der Waals surface area contributed by atoms with Gasteiger partial charge in [0.1, 0.15) is 5.75 Å². The van der Waals surface area contributed by atoms with Gasteiger partial charge in [0.15, 0.2) is 12.6 Å². The number of nitrogens with one attached hydrogen (secondary N) is 1. The van der Waals surface area contributed by atoms with Crippen LogP contribution in [0, 0.1) is 0 Å². The minimum absolute atomic E-state index is 0. The lowest BCUT2D eigenvalue weighted by atomic mass is 10.2. The molecule has 5 N–H and O–H groups in total. The number of aliphatic imine (C=N–C) groups is 1. The van der Waals surface area contributed by atoms with Crippen LogP contribution in [0.15, 0.2) is 29.3 Å². The largest absolute Gasteiger partial charge is 0.484 e. The molecule has 1 amide bonds. The molecular formula is C13H21IN4O2. The highest BCUT2D eigenvalue weighted by molar-refractivity contribution is 14.0. The Morgan fingerprint density at radius 2 is 2.15 bits per heavy atom. The van der Waals surface area contributed by atoms with E-state index in [1.54, 1.807) is 12.1 Å². The lowest BCUT2D eigenvalue weighted by Gasteiger charge is -2.06. The lowest BCUT2D eigenvalue weighted by molar-refractivity contribution is -0.119. The molecule has 0 aliphatic carbocycles. The van der Waals surface area contributed by atoms with E-state index in [1.807, 2.05) is 12.1 Å². The molecule has 112 valence electrons. The zero-order valence-electron chi connectivity index (χ0n) is 11.5. The molecule has 0 aliphatic rings. The number of guanidine groups is 1. The van der Waals surface area contributed by atoms with E-state index >= 15 is 0 Å². The van der Waals surface area contributed by atoms with Gasteiger partial charge in [-0.25, -0.2) is 4.99 Å². The molecule has 1 rings (SSSR count). The summed E-state index contributed by atoms with van der Waals surface area (Å²) < 4.78 is 5.21. The highest BCUT2D eigenvalue weighted by atomic mass is 127. The average Bonchev–Trinajstić information content (AvgIpc) is 2.41. The number of hydrogen-bond acceptors (Lipinski definition) is 3. The van der Waals surface area contributed by atoms with Gasteiger partial charge in [0.2, 0.25) is 0 Å². The Balaban J connectivity index is 0.00000361. The van der Waals surface area contributed by atoms with Crippen molar-refractivity contribution in [3.63, 3.8) is 0 Å². The Labute approximate surface area is 136 Å². The zero-order valence-corrected chi connectivity index (χ0v) is 13.8. The molecule has 0 bridgehead atoms. The van der Waals surface area contributed by atoms with Crippen molar-refractivity contribution >= 4 is 35.8 Å². The molecule has 7 heteroatoms. The van der Waals surface area contributed by atoms with Crippen LogP contribution in [0.1, 0.15) is 18.9 Å². The fraction of sp³-hybridized carbons (Fsp3) is 0.385.